The lowest BCUT2D eigenvalue weighted by Crippen LogP contribution is -2.50. The third kappa shape index (κ3) is 5.09. The Morgan fingerprint density at radius 2 is 1.78 bits per heavy atom. The molecule has 4 nitrogen and oxygen atoms in total. The molecule has 1 N–H and O–H groups in total. The molecule has 0 saturated heterocycles. The first kappa shape index (κ1) is 22.7. The SMILES string of the molecule is COC1c2cc(NCc3ccc(C)cc3)ccc2OC(C)(C)C1OCc1cccc(Cl)c1. The maximum Gasteiger partial charge on any atom is 0.132 e. The minimum Gasteiger partial charge on any atom is -0.485 e. The molecule has 3 aromatic carbocycles. The van der Waals surface area contributed by atoms with Crippen molar-refractivity contribution in [2.45, 2.75) is 51.7 Å². The summed E-state index contributed by atoms with van der Waals surface area (Å²) >= 11 is 6.13. The van der Waals surface area contributed by atoms with Crippen molar-refractivity contribution in [2.75, 3.05) is 12.4 Å². The summed E-state index contributed by atoms with van der Waals surface area (Å²) in [6.45, 7) is 7.34. The number of aryl methyl sites for hydroxylation is 1. The van der Waals surface area contributed by atoms with Gasteiger partial charge in [0.1, 0.15) is 23.6 Å². The van der Waals surface area contributed by atoms with Gasteiger partial charge in [-0.2, -0.15) is 0 Å². The number of hydrogen-bond acceptors (Lipinski definition) is 4. The molecule has 0 aliphatic carbocycles. The summed E-state index contributed by atoms with van der Waals surface area (Å²) in [4.78, 5) is 0. The molecule has 1 aliphatic rings. The van der Waals surface area contributed by atoms with Crippen LogP contribution in [-0.2, 0) is 22.6 Å². The number of ether oxygens (including phenoxy) is 3. The molecule has 2 atom stereocenters. The Labute approximate surface area is 195 Å². The van der Waals surface area contributed by atoms with E-state index in [0.717, 1.165) is 29.1 Å². The third-order valence-electron chi connectivity index (χ3n) is 5.84. The predicted molar refractivity (Wildman–Crippen MR) is 129 cm³/mol. The zero-order valence-corrected chi connectivity index (χ0v) is 19.8. The smallest absolute Gasteiger partial charge is 0.132 e. The summed E-state index contributed by atoms with van der Waals surface area (Å²) in [5.74, 6) is 0.824. The van der Waals surface area contributed by atoms with Gasteiger partial charge in [0.25, 0.3) is 0 Å². The van der Waals surface area contributed by atoms with Gasteiger partial charge in [0, 0.05) is 29.9 Å². The largest absolute Gasteiger partial charge is 0.485 e. The van der Waals surface area contributed by atoms with Crippen molar-refractivity contribution in [3.63, 3.8) is 0 Å². The average molecular weight is 452 g/mol. The molecule has 0 bridgehead atoms. The average Bonchev–Trinajstić information content (AvgIpc) is 2.76. The lowest BCUT2D eigenvalue weighted by molar-refractivity contribution is -0.159. The summed E-state index contributed by atoms with van der Waals surface area (Å²) in [6.07, 6.45) is -0.541. The minimum absolute atomic E-state index is 0.256. The van der Waals surface area contributed by atoms with Gasteiger partial charge in [-0.05, 0) is 62.2 Å². The Kier molecular flexibility index (Phi) is 6.75. The van der Waals surface area contributed by atoms with Crippen LogP contribution in [0.15, 0.2) is 66.7 Å². The molecule has 32 heavy (non-hydrogen) atoms. The van der Waals surface area contributed by atoms with Crippen LogP contribution in [0.25, 0.3) is 0 Å². The predicted octanol–water partition coefficient (Wildman–Crippen LogP) is 6.70. The van der Waals surface area contributed by atoms with Gasteiger partial charge in [-0.25, -0.2) is 0 Å². The zero-order valence-electron chi connectivity index (χ0n) is 19.0. The first-order valence-electron chi connectivity index (χ1n) is 10.9. The number of rotatable bonds is 7. The summed E-state index contributed by atoms with van der Waals surface area (Å²) in [6, 6.07) is 22.4. The molecule has 0 aromatic heterocycles. The van der Waals surface area contributed by atoms with Crippen molar-refractivity contribution in [3.8, 4) is 5.75 Å². The van der Waals surface area contributed by atoms with E-state index in [1.165, 1.54) is 11.1 Å². The standard InChI is InChI=1S/C27H30ClNO3/c1-18-8-10-19(11-9-18)16-29-22-12-13-24-23(15-22)25(30-4)26(27(2,3)32-24)31-17-20-6-5-7-21(28)14-20/h5-15,25-26,29H,16-17H2,1-4H3. The Bertz CT molecular complexity index is 1060. The topological polar surface area (TPSA) is 39.7 Å². The lowest BCUT2D eigenvalue weighted by Gasteiger charge is -2.44. The Hall–Kier alpha value is -2.53. The van der Waals surface area contributed by atoms with Gasteiger partial charge >= 0.3 is 0 Å². The highest BCUT2D eigenvalue weighted by Gasteiger charge is 2.45. The van der Waals surface area contributed by atoms with E-state index in [-0.39, 0.29) is 12.2 Å². The van der Waals surface area contributed by atoms with Crippen LogP contribution in [0.4, 0.5) is 5.69 Å². The molecule has 0 amide bonds. The van der Waals surface area contributed by atoms with Crippen LogP contribution in [0, 0.1) is 6.92 Å². The summed E-state index contributed by atoms with van der Waals surface area (Å²) in [7, 11) is 1.72. The van der Waals surface area contributed by atoms with Crippen molar-refractivity contribution < 1.29 is 14.2 Å². The second-order valence-electron chi connectivity index (χ2n) is 8.82. The first-order valence-corrected chi connectivity index (χ1v) is 11.2. The summed E-state index contributed by atoms with van der Waals surface area (Å²) in [5.41, 5.74) is 4.96. The van der Waals surface area contributed by atoms with E-state index in [0.29, 0.717) is 11.6 Å². The highest BCUT2D eigenvalue weighted by atomic mass is 35.5. The van der Waals surface area contributed by atoms with Gasteiger partial charge in [0.15, 0.2) is 0 Å². The van der Waals surface area contributed by atoms with Crippen LogP contribution in [0.3, 0.4) is 0 Å². The van der Waals surface area contributed by atoms with Crippen molar-refractivity contribution in [3.05, 3.63) is 94.0 Å². The number of anilines is 1. The molecule has 4 rings (SSSR count). The number of methoxy groups -OCH3 is 1. The van der Waals surface area contributed by atoms with Crippen LogP contribution in [0.5, 0.6) is 5.75 Å². The van der Waals surface area contributed by atoms with Crippen molar-refractivity contribution in [1.82, 2.24) is 0 Å². The Morgan fingerprint density at radius 1 is 1.00 bits per heavy atom. The Morgan fingerprint density at radius 3 is 2.50 bits per heavy atom. The fourth-order valence-electron chi connectivity index (χ4n) is 4.10. The molecule has 1 heterocycles. The van der Waals surface area contributed by atoms with Gasteiger partial charge in [0.2, 0.25) is 0 Å². The van der Waals surface area contributed by atoms with Gasteiger partial charge in [-0.3, -0.25) is 0 Å². The number of halogens is 1. The van der Waals surface area contributed by atoms with E-state index < -0.39 is 5.60 Å². The normalized spacial score (nSPS) is 19.2. The second-order valence-corrected chi connectivity index (χ2v) is 9.25. The molecule has 168 valence electrons. The number of fused-ring (bicyclic) bond motifs is 1. The molecule has 2 unspecified atom stereocenters. The first-order chi connectivity index (χ1) is 15.4. The minimum atomic E-state index is -0.552. The van der Waals surface area contributed by atoms with E-state index in [9.17, 15) is 0 Å². The van der Waals surface area contributed by atoms with E-state index in [2.05, 4.69) is 42.6 Å². The third-order valence-corrected chi connectivity index (χ3v) is 6.07. The van der Waals surface area contributed by atoms with E-state index >= 15 is 0 Å². The maximum absolute atomic E-state index is 6.35. The molecule has 3 aromatic rings. The summed E-state index contributed by atoms with van der Waals surface area (Å²) < 4.78 is 18.6. The van der Waals surface area contributed by atoms with E-state index in [4.69, 9.17) is 25.8 Å². The van der Waals surface area contributed by atoms with Crippen LogP contribution in [0.2, 0.25) is 5.02 Å². The van der Waals surface area contributed by atoms with Gasteiger partial charge in [-0.1, -0.05) is 53.6 Å². The summed E-state index contributed by atoms with van der Waals surface area (Å²) in [5, 5.41) is 4.21. The molecule has 0 spiro atoms. The van der Waals surface area contributed by atoms with Gasteiger partial charge in [-0.15, -0.1) is 0 Å². The van der Waals surface area contributed by atoms with E-state index in [1.54, 1.807) is 7.11 Å². The second kappa shape index (κ2) is 9.53. The maximum atomic E-state index is 6.35. The molecular weight excluding hydrogens is 422 g/mol. The fraction of sp³-hybridized carbons (Fsp3) is 0.333. The zero-order chi connectivity index (χ0) is 22.7. The Balaban J connectivity index is 1.53. The van der Waals surface area contributed by atoms with Crippen molar-refractivity contribution in [1.29, 1.82) is 0 Å². The molecule has 5 heteroatoms. The van der Waals surface area contributed by atoms with Crippen LogP contribution >= 0.6 is 11.6 Å². The van der Waals surface area contributed by atoms with E-state index in [1.807, 2.05) is 50.2 Å². The van der Waals surface area contributed by atoms with Crippen LogP contribution < -0.4 is 10.1 Å². The van der Waals surface area contributed by atoms with Crippen LogP contribution in [-0.4, -0.2) is 18.8 Å². The van der Waals surface area contributed by atoms with Gasteiger partial charge < -0.3 is 19.5 Å². The molecular formula is C27H30ClNO3. The fourth-order valence-corrected chi connectivity index (χ4v) is 4.32. The highest BCUT2D eigenvalue weighted by molar-refractivity contribution is 6.30. The van der Waals surface area contributed by atoms with Gasteiger partial charge in [0.05, 0.1) is 6.61 Å². The number of benzene rings is 3. The molecule has 1 aliphatic heterocycles. The molecule has 0 radical (unpaired) electrons. The van der Waals surface area contributed by atoms with Crippen molar-refractivity contribution >= 4 is 17.3 Å². The number of nitrogens with one attached hydrogen (secondary N) is 1. The monoisotopic (exact) mass is 451 g/mol. The van der Waals surface area contributed by atoms with Crippen molar-refractivity contribution in [2.24, 2.45) is 0 Å². The van der Waals surface area contributed by atoms with Crippen LogP contribution in [0.1, 0.15) is 42.2 Å². The number of hydrogen-bond donors (Lipinski definition) is 1. The lowest BCUT2D eigenvalue weighted by atomic mass is 9.88. The molecule has 0 saturated carbocycles. The highest BCUT2D eigenvalue weighted by Crippen LogP contribution is 2.44. The quantitative estimate of drug-likeness (QED) is 0.433. The molecule has 0 fully saturated rings.